The van der Waals surface area contributed by atoms with Crippen LogP contribution in [0.15, 0.2) is 21.7 Å². The first-order chi connectivity index (χ1) is 4.63. The Morgan fingerprint density at radius 2 is 2.30 bits per heavy atom. The molecule has 0 spiro atoms. The summed E-state index contributed by atoms with van der Waals surface area (Å²) in [6.45, 7) is 1.08. The van der Waals surface area contributed by atoms with Crippen molar-refractivity contribution in [1.29, 1.82) is 0 Å². The number of aromatic amines is 1. The molecule has 0 aliphatic carbocycles. The third-order valence-corrected chi connectivity index (χ3v) is 0.444. The van der Waals surface area contributed by atoms with E-state index in [-0.39, 0.29) is 0 Å². The number of H-pyrrole nitrogens is 1. The van der Waals surface area contributed by atoms with Crippen molar-refractivity contribution in [3.63, 3.8) is 0 Å². The lowest BCUT2D eigenvalue weighted by atomic mass is 10.9. The van der Waals surface area contributed by atoms with Crippen LogP contribution in [0.4, 0.5) is 0 Å². The van der Waals surface area contributed by atoms with Crippen molar-refractivity contribution in [2.75, 3.05) is 0 Å². The van der Waals surface area contributed by atoms with Gasteiger partial charge in [-0.2, -0.15) is 0 Å². The molecule has 10 heavy (non-hydrogen) atoms. The average molecular weight is 145 g/mol. The monoisotopic (exact) mass is 145 g/mol. The molecule has 0 fully saturated rings. The van der Waals surface area contributed by atoms with Gasteiger partial charge >= 0.3 is 5.76 Å². The van der Waals surface area contributed by atoms with Crippen LogP contribution >= 0.6 is 0 Å². The van der Waals surface area contributed by atoms with Crippen LogP contribution in [0, 0.1) is 0 Å². The summed E-state index contributed by atoms with van der Waals surface area (Å²) in [6, 6.07) is 0. The van der Waals surface area contributed by atoms with Crippen molar-refractivity contribution in [1.82, 2.24) is 4.98 Å². The van der Waals surface area contributed by atoms with Gasteiger partial charge < -0.3 is 9.52 Å². The molecule has 1 rings (SSSR count). The molecule has 1 heterocycles. The molecule has 0 radical (unpaired) electrons. The predicted octanol–water partition coefficient (Wildman–Crippen LogP) is 0.0588. The van der Waals surface area contributed by atoms with Gasteiger partial charge in [-0.1, -0.05) is 0 Å². The Kier molecular flexibility index (Phi) is 3.70. The van der Waals surface area contributed by atoms with Gasteiger partial charge in [0.1, 0.15) is 6.26 Å². The molecule has 1 aromatic rings. The second-order valence-electron chi connectivity index (χ2n) is 1.37. The maximum absolute atomic E-state index is 9.85. The SMILES string of the molecule is CC(=O)O.O=c1[nH]cco1. The molecule has 0 unspecified atom stereocenters. The number of oxazole rings is 1. The third-order valence-electron chi connectivity index (χ3n) is 0.444. The topological polar surface area (TPSA) is 83.3 Å². The van der Waals surface area contributed by atoms with Crippen LogP contribution < -0.4 is 5.76 Å². The first-order valence-electron chi connectivity index (χ1n) is 2.44. The van der Waals surface area contributed by atoms with Gasteiger partial charge in [0.05, 0.1) is 0 Å². The zero-order chi connectivity index (χ0) is 7.98. The van der Waals surface area contributed by atoms with Crippen molar-refractivity contribution in [3.8, 4) is 0 Å². The minimum atomic E-state index is -0.833. The first kappa shape index (κ1) is 8.48. The third kappa shape index (κ3) is 6.48. The van der Waals surface area contributed by atoms with E-state index in [1.165, 1.54) is 12.5 Å². The van der Waals surface area contributed by atoms with Crippen molar-refractivity contribution in [3.05, 3.63) is 23.0 Å². The molecule has 0 aliphatic rings. The summed E-state index contributed by atoms with van der Waals surface area (Å²) in [5.74, 6) is -1.24. The lowest BCUT2D eigenvalue weighted by Crippen LogP contribution is -1.91. The predicted molar refractivity (Wildman–Crippen MR) is 32.6 cm³/mol. The first-order valence-corrected chi connectivity index (χ1v) is 2.44. The molecule has 0 aliphatic heterocycles. The van der Waals surface area contributed by atoms with Gasteiger partial charge in [0, 0.05) is 13.1 Å². The minimum Gasteiger partial charge on any atom is -0.481 e. The Hall–Kier alpha value is -1.52. The highest BCUT2D eigenvalue weighted by Crippen LogP contribution is 1.62. The van der Waals surface area contributed by atoms with Gasteiger partial charge in [0.15, 0.2) is 0 Å². The normalized spacial score (nSPS) is 7.70. The van der Waals surface area contributed by atoms with Crippen molar-refractivity contribution < 1.29 is 14.3 Å². The Balaban J connectivity index is 0.000000180. The zero-order valence-electron chi connectivity index (χ0n) is 5.33. The van der Waals surface area contributed by atoms with Gasteiger partial charge in [-0.3, -0.25) is 9.78 Å². The number of nitrogens with one attached hydrogen (secondary N) is 1. The fourth-order valence-electron chi connectivity index (χ4n) is 0.232. The van der Waals surface area contributed by atoms with Crippen LogP contribution in [0.1, 0.15) is 6.92 Å². The number of aliphatic carboxylic acids is 1. The number of carboxylic acid groups (broad SMARTS) is 1. The summed E-state index contributed by atoms with van der Waals surface area (Å²) in [6.07, 6.45) is 2.73. The Labute approximate surface area is 56.3 Å². The summed E-state index contributed by atoms with van der Waals surface area (Å²) in [5.41, 5.74) is 0. The molecule has 5 heteroatoms. The quantitative estimate of drug-likeness (QED) is 0.540. The van der Waals surface area contributed by atoms with Crippen LogP contribution in [-0.4, -0.2) is 16.1 Å². The maximum atomic E-state index is 9.85. The molecule has 0 bridgehead atoms. The van der Waals surface area contributed by atoms with E-state index in [0.29, 0.717) is 0 Å². The van der Waals surface area contributed by atoms with Gasteiger partial charge in [0.25, 0.3) is 5.97 Å². The van der Waals surface area contributed by atoms with Gasteiger partial charge in [-0.25, -0.2) is 4.79 Å². The number of carboxylic acids is 1. The van der Waals surface area contributed by atoms with Gasteiger partial charge in [-0.05, 0) is 0 Å². The number of aromatic nitrogens is 1. The minimum absolute atomic E-state index is 0.407. The number of hydrogen-bond acceptors (Lipinski definition) is 3. The van der Waals surface area contributed by atoms with E-state index in [1.807, 2.05) is 0 Å². The number of hydrogen-bond donors (Lipinski definition) is 2. The highest BCUT2D eigenvalue weighted by atomic mass is 16.4. The summed E-state index contributed by atoms with van der Waals surface area (Å²) in [5, 5.41) is 7.42. The van der Waals surface area contributed by atoms with E-state index in [0.717, 1.165) is 6.92 Å². The van der Waals surface area contributed by atoms with Crippen LogP contribution in [0.2, 0.25) is 0 Å². The number of carbonyl (C=O) groups is 1. The van der Waals surface area contributed by atoms with Gasteiger partial charge in [-0.15, -0.1) is 0 Å². The molecule has 0 saturated heterocycles. The zero-order valence-corrected chi connectivity index (χ0v) is 5.33. The lowest BCUT2D eigenvalue weighted by Gasteiger charge is -1.59. The summed E-state index contributed by atoms with van der Waals surface area (Å²) < 4.78 is 4.22. The van der Waals surface area contributed by atoms with E-state index < -0.39 is 11.7 Å². The van der Waals surface area contributed by atoms with Gasteiger partial charge in [0.2, 0.25) is 0 Å². The van der Waals surface area contributed by atoms with E-state index in [1.54, 1.807) is 0 Å². The average Bonchev–Trinajstić information content (AvgIpc) is 2.15. The van der Waals surface area contributed by atoms with Crippen molar-refractivity contribution >= 4 is 5.97 Å². The molecule has 0 aromatic carbocycles. The second-order valence-corrected chi connectivity index (χ2v) is 1.37. The second kappa shape index (κ2) is 4.37. The van der Waals surface area contributed by atoms with Crippen molar-refractivity contribution in [2.24, 2.45) is 0 Å². The molecular formula is C5H7NO4. The maximum Gasteiger partial charge on any atom is 0.416 e. The standard InChI is InChI=1S/C3H3NO2.C2H4O2/c5-3-4-1-2-6-3;1-2(3)4/h1-2H,(H,4,5);1H3,(H,3,4). The molecule has 0 atom stereocenters. The largest absolute Gasteiger partial charge is 0.481 e. The fourth-order valence-corrected chi connectivity index (χ4v) is 0.232. The van der Waals surface area contributed by atoms with Crippen LogP contribution in [0.3, 0.4) is 0 Å². The fraction of sp³-hybridized carbons (Fsp3) is 0.200. The van der Waals surface area contributed by atoms with E-state index >= 15 is 0 Å². The van der Waals surface area contributed by atoms with E-state index in [4.69, 9.17) is 9.90 Å². The smallest absolute Gasteiger partial charge is 0.416 e. The highest BCUT2D eigenvalue weighted by Gasteiger charge is 1.72. The van der Waals surface area contributed by atoms with Crippen molar-refractivity contribution in [2.45, 2.75) is 6.92 Å². The van der Waals surface area contributed by atoms with Crippen LogP contribution in [0.25, 0.3) is 0 Å². The summed E-state index contributed by atoms with van der Waals surface area (Å²) >= 11 is 0. The molecule has 56 valence electrons. The molecular weight excluding hydrogens is 138 g/mol. The number of rotatable bonds is 0. The Morgan fingerprint density at radius 1 is 1.80 bits per heavy atom. The van der Waals surface area contributed by atoms with Crippen LogP contribution in [-0.2, 0) is 4.79 Å². The molecule has 0 saturated carbocycles. The Bertz CT molecular complexity index is 215. The summed E-state index contributed by atoms with van der Waals surface area (Å²) in [7, 11) is 0. The van der Waals surface area contributed by atoms with E-state index in [9.17, 15) is 4.79 Å². The lowest BCUT2D eigenvalue weighted by molar-refractivity contribution is -0.134. The Morgan fingerprint density at radius 3 is 2.40 bits per heavy atom. The summed E-state index contributed by atoms with van der Waals surface area (Å²) in [4.78, 5) is 21.1. The molecule has 5 nitrogen and oxygen atoms in total. The van der Waals surface area contributed by atoms with E-state index in [2.05, 4.69) is 9.40 Å². The van der Waals surface area contributed by atoms with Crippen LogP contribution in [0.5, 0.6) is 0 Å². The molecule has 2 N–H and O–H groups in total. The molecule has 1 aromatic heterocycles. The highest BCUT2D eigenvalue weighted by molar-refractivity contribution is 5.62. The molecule has 0 amide bonds.